The number of thiophene rings is 1. The van der Waals surface area contributed by atoms with Crippen LogP contribution in [0.4, 0.5) is 0 Å². The van der Waals surface area contributed by atoms with Gasteiger partial charge >= 0.3 is 0 Å². The van der Waals surface area contributed by atoms with Crippen molar-refractivity contribution in [1.29, 1.82) is 0 Å². The van der Waals surface area contributed by atoms with Crippen LogP contribution in [-0.2, 0) is 12.8 Å². The summed E-state index contributed by atoms with van der Waals surface area (Å²) >= 11 is 1.77. The van der Waals surface area contributed by atoms with E-state index in [-0.39, 0.29) is 0 Å². The highest BCUT2D eigenvalue weighted by molar-refractivity contribution is 7.14. The summed E-state index contributed by atoms with van der Waals surface area (Å²) in [4.78, 5) is 14.5. The van der Waals surface area contributed by atoms with Crippen LogP contribution in [0.5, 0.6) is 0 Å². The van der Waals surface area contributed by atoms with Crippen LogP contribution in [0.3, 0.4) is 0 Å². The lowest BCUT2D eigenvalue weighted by atomic mass is 10.1. The van der Waals surface area contributed by atoms with Gasteiger partial charge in [-0.15, -0.1) is 11.3 Å². The van der Waals surface area contributed by atoms with Gasteiger partial charge in [0, 0.05) is 11.3 Å². The molecule has 0 amide bonds. The van der Waals surface area contributed by atoms with Gasteiger partial charge in [-0.1, -0.05) is 26.2 Å². The molecular formula is C15H22OS. The van der Waals surface area contributed by atoms with Gasteiger partial charge in [0.15, 0.2) is 5.78 Å². The number of carbonyl (C=O) groups is 1. The molecule has 0 saturated heterocycles. The predicted octanol–water partition coefficient (Wildman–Crippen LogP) is 4.78. The highest BCUT2D eigenvalue weighted by Gasteiger charge is 2.15. The van der Waals surface area contributed by atoms with Crippen molar-refractivity contribution in [3.63, 3.8) is 0 Å². The predicted molar refractivity (Wildman–Crippen MR) is 74.1 cm³/mol. The van der Waals surface area contributed by atoms with Crippen molar-refractivity contribution in [2.45, 2.75) is 64.7 Å². The first-order chi connectivity index (χ1) is 8.31. The lowest BCUT2D eigenvalue weighted by Crippen LogP contribution is -1.95. The first kappa shape index (κ1) is 12.8. The third-order valence-electron chi connectivity index (χ3n) is 3.53. The Kier molecular flexibility index (Phi) is 4.78. The molecule has 2 heteroatoms. The number of hydrogen-bond donors (Lipinski definition) is 0. The molecule has 2 rings (SSSR count). The first-order valence-electron chi connectivity index (χ1n) is 6.96. The summed E-state index contributed by atoms with van der Waals surface area (Å²) in [5, 5.41) is 0. The summed E-state index contributed by atoms with van der Waals surface area (Å²) in [5.74, 6) is 0.372. The van der Waals surface area contributed by atoms with Gasteiger partial charge in [0.25, 0.3) is 0 Å². The SMILES string of the molecule is CCCCCC(=O)c1cc2c(s1)CCCCC2. The molecule has 0 unspecified atom stereocenters. The second kappa shape index (κ2) is 6.34. The Morgan fingerprint density at radius 2 is 2.06 bits per heavy atom. The molecule has 0 spiro atoms. The molecule has 0 saturated carbocycles. The van der Waals surface area contributed by atoms with Crippen LogP contribution < -0.4 is 0 Å². The Morgan fingerprint density at radius 1 is 1.24 bits per heavy atom. The van der Waals surface area contributed by atoms with Gasteiger partial charge in [0.2, 0.25) is 0 Å². The third kappa shape index (κ3) is 3.41. The maximum Gasteiger partial charge on any atom is 0.172 e. The van der Waals surface area contributed by atoms with Gasteiger partial charge in [-0.25, -0.2) is 0 Å². The summed E-state index contributed by atoms with van der Waals surface area (Å²) < 4.78 is 0. The molecule has 0 aliphatic heterocycles. The number of carbonyl (C=O) groups excluding carboxylic acids is 1. The van der Waals surface area contributed by atoms with Gasteiger partial charge in [-0.3, -0.25) is 4.79 Å². The fraction of sp³-hybridized carbons (Fsp3) is 0.667. The van der Waals surface area contributed by atoms with E-state index in [0.29, 0.717) is 5.78 Å². The van der Waals surface area contributed by atoms with Gasteiger partial charge < -0.3 is 0 Å². The Bertz CT molecular complexity index is 355. The van der Waals surface area contributed by atoms with E-state index in [4.69, 9.17) is 0 Å². The second-order valence-electron chi connectivity index (χ2n) is 5.00. The molecule has 0 aromatic carbocycles. The molecule has 0 fully saturated rings. The van der Waals surface area contributed by atoms with E-state index in [1.165, 1.54) is 55.4 Å². The van der Waals surface area contributed by atoms with E-state index in [1.807, 2.05) is 0 Å². The fourth-order valence-corrected chi connectivity index (χ4v) is 3.68. The van der Waals surface area contributed by atoms with Crippen LogP contribution in [-0.4, -0.2) is 5.78 Å². The van der Waals surface area contributed by atoms with Crippen molar-refractivity contribution in [1.82, 2.24) is 0 Å². The molecule has 1 heterocycles. The summed E-state index contributed by atoms with van der Waals surface area (Å²) in [6, 6.07) is 2.18. The molecule has 0 atom stereocenters. The molecule has 0 radical (unpaired) electrons. The van der Waals surface area contributed by atoms with Crippen LogP contribution in [0.25, 0.3) is 0 Å². The molecule has 1 aliphatic rings. The van der Waals surface area contributed by atoms with Crippen molar-refractivity contribution < 1.29 is 4.79 Å². The van der Waals surface area contributed by atoms with E-state index in [0.717, 1.165) is 17.7 Å². The molecule has 0 N–H and O–H groups in total. The van der Waals surface area contributed by atoms with Gasteiger partial charge in [0.1, 0.15) is 0 Å². The van der Waals surface area contributed by atoms with Crippen molar-refractivity contribution >= 4 is 17.1 Å². The van der Waals surface area contributed by atoms with Crippen molar-refractivity contribution in [2.75, 3.05) is 0 Å². The average Bonchev–Trinajstić information content (AvgIpc) is 2.61. The van der Waals surface area contributed by atoms with Crippen molar-refractivity contribution in [2.24, 2.45) is 0 Å². The zero-order valence-electron chi connectivity index (χ0n) is 10.8. The van der Waals surface area contributed by atoms with E-state index in [2.05, 4.69) is 13.0 Å². The minimum Gasteiger partial charge on any atom is -0.293 e. The number of Topliss-reactive ketones (excluding diaryl/α,β-unsaturated/α-hetero) is 1. The zero-order chi connectivity index (χ0) is 12.1. The molecular weight excluding hydrogens is 228 g/mol. The molecule has 1 aromatic rings. The fourth-order valence-electron chi connectivity index (χ4n) is 2.46. The second-order valence-corrected chi connectivity index (χ2v) is 6.14. The Labute approximate surface area is 108 Å². The smallest absolute Gasteiger partial charge is 0.172 e. The van der Waals surface area contributed by atoms with Gasteiger partial charge in [-0.2, -0.15) is 0 Å². The highest BCUT2D eigenvalue weighted by atomic mass is 32.1. The Balaban J connectivity index is 1.99. The maximum absolute atomic E-state index is 12.0. The molecule has 94 valence electrons. The van der Waals surface area contributed by atoms with Crippen LogP contribution in [0.2, 0.25) is 0 Å². The number of fused-ring (bicyclic) bond motifs is 1. The summed E-state index contributed by atoms with van der Waals surface area (Å²) in [6.45, 7) is 2.18. The number of unbranched alkanes of at least 4 members (excludes halogenated alkanes) is 2. The molecule has 0 bridgehead atoms. The molecule has 1 nitrogen and oxygen atoms in total. The highest BCUT2D eigenvalue weighted by Crippen LogP contribution is 2.29. The average molecular weight is 250 g/mol. The van der Waals surface area contributed by atoms with E-state index >= 15 is 0 Å². The normalized spacial score (nSPS) is 15.4. The van der Waals surface area contributed by atoms with E-state index < -0.39 is 0 Å². The summed E-state index contributed by atoms with van der Waals surface area (Å²) in [6.07, 6.45) is 10.5. The summed E-state index contributed by atoms with van der Waals surface area (Å²) in [7, 11) is 0. The molecule has 1 aromatic heterocycles. The lowest BCUT2D eigenvalue weighted by molar-refractivity contribution is 0.0983. The Hall–Kier alpha value is -0.630. The van der Waals surface area contributed by atoms with E-state index in [1.54, 1.807) is 11.3 Å². The number of rotatable bonds is 5. The van der Waals surface area contributed by atoms with Crippen LogP contribution >= 0.6 is 11.3 Å². The minimum atomic E-state index is 0.372. The van der Waals surface area contributed by atoms with Crippen molar-refractivity contribution in [3.8, 4) is 0 Å². The topological polar surface area (TPSA) is 17.1 Å². The number of aryl methyl sites for hydroxylation is 2. The van der Waals surface area contributed by atoms with Crippen LogP contribution in [0.15, 0.2) is 6.07 Å². The largest absolute Gasteiger partial charge is 0.293 e. The maximum atomic E-state index is 12.0. The standard InChI is InChI=1S/C15H22OS/c1-2-3-5-9-13(16)15-11-12-8-6-4-7-10-14(12)17-15/h11H,2-10H2,1H3. The molecule has 17 heavy (non-hydrogen) atoms. The zero-order valence-corrected chi connectivity index (χ0v) is 11.6. The third-order valence-corrected chi connectivity index (χ3v) is 4.81. The van der Waals surface area contributed by atoms with Gasteiger partial charge in [-0.05, 0) is 43.7 Å². The van der Waals surface area contributed by atoms with E-state index in [9.17, 15) is 4.79 Å². The molecule has 1 aliphatic carbocycles. The van der Waals surface area contributed by atoms with Crippen LogP contribution in [0.1, 0.15) is 72.0 Å². The monoisotopic (exact) mass is 250 g/mol. The number of ketones is 1. The lowest BCUT2D eigenvalue weighted by Gasteiger charge is -1.97. The summed E-state index contributed by atoms with van der Waals surface area (Å²) in [5.41, 5.74) is 1.46. The van der Waals surface area contributed by atoms with Crippen LogP contribution in [0, 0.1) is 0 Å². The first-order valence-corrected chi connectivity index (χ1v) is 7.77. The number of hydrogen-bond acceptors (Lipinski definition) is 2. The van der Waals surface area contributed by atoms with Gasteiger partial charge in [0.05, 0.1) is 4.88 Å². The minimum absolute atomic E-state index is 0.372. The Morgan fingerprint density at radius 3 is 2.88 bits per heavy atom. The van der Waals surface area contributed by atoms with Crippen molar-refractivity contribution in [3.05, 3.63) is 21.4 Å². The quantitative estimate of drug-likeness (QED) is 0.417.